The number of benzene rings is 1. The molecule has 4 atom stereocenters. The molecule has 0 aliphatic rings. The van der Waals surface area contributed by atoms with Gasteiger partial charge < -0.3 is 0 Å². The number of nitroso groups, excluding NO2 is 1. The lowest BCUT2D eigenvalue weighted by molar-refractivity contribution is 0.587. The third-order valence-corrected chi connectivity index (χ3v) is 3.71. The smallest absolute Gasteiger partial charge is 0.0169 e. The fraction of sp³-hybridized carbons (Fsp3) is 0.333. The summed E-state index contributed by atoms with van der Waals surface area (Å²) in [6, 6.07) is 10.7. The number of nitrogens with zero attached hydrogens (tertiary/aromatic N) is 1. The first-order chi connectivity index (χ1) is 10.6. The summed E-state index contributed by atoms with van der Waals surface area (Å²) < 4.78 is 2.40. The summed E-state index contributed by atoms with van der Waals surface area (Å²) in [4.78, 5) is 8.89. The molecule has 0 fully saturated rings. The van der Waals surface area contributed by atoms with Crippen LogP contribution in [0.15, 0.2) is 71.9 Å². The molecule has 0 aliphatic heterocycles. The predicted molar refractivity (Wildman–Crippen MR) is 105 cm³/mol. The molecule has 0 spiro atoms. The lowest BCUT2D eigenvalue weighted by Crippen LogP contribution is -2.16. The van der Waals surface area contributed by atoms with Crippen molar-refractivity contribution >= 4 is 21.2 Å². The fourth-order valence-electron chi connectivity index (χ4n) is 2.20. The van der Waals surface area contributed by atoms with Crippen molar-refractivity contribution in [3.8, 4) is 0 Å². The Morgan fingerprint density at radius 2 is 1.86 bits per heavy atom. The summed E-state index contributed by atoms with van der Waals surface area (Å²) in [7, 11) is 2.92. The molecule has 0 aromatic heterocycles. The van der Waals surface area contributed by atoms with Gasteiger partial charge in [-0.1, -0.05) is 67.6 Å². The fourth-order valence-corrected chi connectivity index (χ4v) is 2.68. The standard InChI is InChI=1S/C17H23P.CH3NOS/c1-4-6-8-11-15(5-2)17(14(3)18)16-12-9-7-10-13-16;1-4-2-3/h4-15,17H,2,18H2,1,3H3;1H3/b6-4-,11-8?;/t14-,15?,17?;/m1./s1. The maximum absolute atomic E-state index is 8.89. The van der Waals surface area contributed by atoms with Crippen LogP contribution in [0.3, 0.4) is 0 Å². The van der Waals surface area contributed by atoms with Crippen molar-refractivity contribution < 1.29 is 0 Å². The molecule has 0 radical (unpaired) electrons. The third kappa shape index (κ3) is 8.31. The minimum atomic E-state index is 0.358. The normalized spacial score (nSPS) is 14.9. The van der Waals surface area contributed by atoms with Gasteiger partial charge in [0.2, 0.25) is 0 Å². The van der Waals surface area contributed by atoms with Crippen LogP contribution in [0.5, 0.6) is 0 Å². The molecule has 0 bridgehead atoms. The van der Waals surface area contributed by atoms with Crippen molar-refractivity contribution in [3.05, 3.63) is 77.8 Å². The van der Waals surface area contributed by atoms with Crippen LogP contribution in [0.4, 0.5) is 0 Å². The first-order valence-corrected chi connectivity index (χ1v) is 9.05. The summed E-state index contributed by atoms with van der Waals surface area (Å²) in [5.74, 6) is 0.811. The van der Waals surface area contributed by atoms with Crippen molar-refractivity contribution in [2.24, 2.45) is 10.5 Å². The summed E-state index contributed by atoms with van der Waals surface area (Å²) in [6.45, 7) is 8.25. The van der Waals surface area contributed by atoms with Gasteiger partial charge in [-0.25, -0.2) is 0 Å². The van der Waals surface area contributed by atoms with Gasteiger partial charge in [0.15, 0.2) is 0 Å². The van der Waals surface area contributed by atoms with Gasteiger partial charge >= 0.3 is 0 Å². The van der Waals surface area contributed by atoms with Gasteiger partial charge in [0.25, 0.3) is 0 Å². The van der Waals surface area contributed by atoms with E-state index >= 15 is 0 Å². The second-order valence-electron chi connectivity index (χ2n) is 4.78. The van der Waals surface area contributed by atoms with Crippen LogP contribution in [-0.2, 0) is 0 Å². The number of hydrogen-bond acceptors (Lipinski definition) is 3. The highest BCUT2D eigenvalue weighted by Crippen LogP contribution is 2.33. The third-order valence-electron chi connectivity index (χ3n) is 3.15. The molecule has 0 amide bonds. The Kier molecular flexibility index (Phi) is 12.8. The topological polar surface area (TPSA) is 29.4 Å². The minimum absolute atomic E-state index is 0.358. The van der Waals surface area contributed by atoms with E-state index in [0.717, 1.165) is 11.9 Å². The molecule has 0 aliphatic carbocycles. The van der Waals surface area contributed by atoms with Gasteiger partial charge in [0.1, 0.15) is 0 Å². The highest BCUT2D eigenvalue weighted by molar-refractivity contribution is 7.97. The van der Waals surface area contributed by atoms with Crippen molar-refractivity contribution in [1.82, 2.24) is 0 Å². The van der Waals surface area contributed by atoms with Gasteiger partial charge in [-0.15, -0.1) is 20.7 Å². The molecule has 0 saturated heterocycles. The van der Waals surface area contributed by atoms with Crippen molar-refractivity contribution in [1.29, 1.82) is 0 Å². The van der Waals surface area contributed by atoms with Crippen LogP contribution >= 0.6 is 21.2 Å². The molecule has 22 heavy (non-hydrogen) atoms. The largest absolute Gasteiger partial charge is 0.137 e. The monoisotopic (exact) mass is 335 g/mol. The van der Waals surface area contributed by atoms with Gasteiger partial charge in [-0.05, 0) is 24.1 Å². The summed E-state index contributed by atoms with van der Waals surface area (Å²) in [5.41, 5.74) is 1.88. The van der Waals surface area contributed by atoms with E-state index in [1.54, 1.807) is 6.26 Å². The second kappa shape index (κ2) is 13.5. The Hall–Kier alpha value is -1.18. The molecule has 4 heteroatoms. The Morgan fingerprint density at radius 1 is 1.27 bits per heavy atom. The highest BCUT2D eigenvalue weighted by atomic mass is 32.2. The van der Waals surface area contributed by atoms with E-state index in [4.69, 9.17) is 4.91 Å². The zero-order chi connectivity index (χ0) is 16.8. The van der Waals surface area contributed by atoms with Gasteiger partial charge in [-0.2, -0.15) is 0 Å². The van der Waals surface area contributed by atoms with Crippen LogP contribution in [0.2, 0.25) is 0 Å². The molecular formula is C18H26NOPS. The Labute approximate surface area is 141 Å². The molecular weight excluding hydrogens is 309 g/mol. The van der Waals surface area contributed by atoms with E-state index in [2.05, 4.69) is 75.9 Å². The van der Waals surface area contributed by atoms with E-state index in [9.17, 15) is 0 Å². The molecule has 0 N–H and O–H groups in total. The Morgan fingerprint density at radius 3 is 2.27 bits per heavy atom. The lowest BCUT2D eigenvalue weighted by Gasteiger charge is -2.26. The molecule has 0 heterocycles. The molecule has 3 unspecified atom stereocenters. The Balaban J connectivity index is 0.000000980. The lowest BCUT2D eigenvalue weighted by atomic mass is 9.83. The predicted octanol–water partition coefficient (Wildman–Crippen LogP) is 6.00. The van der Waals surface area contributed by atoms with Crippen LogP contribution in [0.1, 0.15) is 25.3 Å². The van der Waals surface area contributed by atoms with E-state index in [0.29, 0.717) is 17.5 Å². The number of hydrogen-bond donors (Lipinski definition) is 0. The summed E-state index contributed by atoms with van der Waals surface area (Å²) in [5, 5.41) is 0. The number of rotatable bonds is 7. The molecule has 1 rings (SSSR count). The quantitative estimate of drug-likeness (QED) is 0.201. The van der Waals surface area contributed by atoms with Gasteiger partial charge in [0, 0.05) is 28.7 Å². The molecule has 120 valence electrons. The molecule has 0 saturated carbocycles. The first-order valence-electron chi connectivity index (χ1n) is 7.20. The van der Waals surface area contributed by atoms with Crippen molar-refractivity contribution in [2.45, 2.75) is 25.4 Å². The SMILES string of the molecule is C=CC(C=C/C=C\C)C(c1ccccc1)[C@@H](C)P.CSN=O. The number of allylic oxidation sites excluding steroid dienone is 5. The van der Waals surface area contributed by atoms with E-state index in [-0.39, 0.29) is 0 Å². The second-order valence-corrected chi connectivity index (χ2v) is 6.34. The van der Waals surface area contributed by atoms with Crippen molar-refractivity contribution in [2.75, 3.05) is 6.26 Å². The average Bonchev–Trinajstić information content (AvgIpc) is 2.54. The molecule has 1 aromatic carbocycles. The van der Waals surface area contributed by atoms with Crippen molar-refractivity contribution in [3.63, 3.8) is 0 Å². The highest BCUT2D eigenvalue weighted by Gasteiger charge is 2.21. The zero-order valence-electron chi connectivity index (χ0n) is 13.6. The maximum Gasteiger partial charge on any atom is 0.0169 e. The van der Waals surface area contributed by atoms with Gasteiger partial charge in [-0.3, -0.25) is 0 Å². The van der Waals surface area contributed by atoms with E-state index in [1.165, 1.54) is 5.56 Å². The van der Waals surface area contributed by atoms with Gasteiger partial charge in [0.05, 0.1) is 0 Å². The average molecular weight is 335 g/mol. The molecule has 2 nitrogen and oxygen atoms in total. The van der Waals surface area contributed by atoms with Crippen LogP contribution < -0.4 is 0 Å². The van der Waals surface area contributed by atoms with Crippen LogP contribution in [0, 0.1) is 10.8 Å². The van der Waals surface area contributed by atoms with Crippen LogP contribution in [-0.4, -0.2) is 11.9 Å². The first kappa shape index (κ1) is 20.8. The minimum Gasteiger partial charge on any atom is -0.137 e. The zero-order valence-corrected chi connectivity index (χ0v) is 15.5. The Bertz CT molecular complexity index is 471. The van der Waals surface area contributed by atoms with Crippen LogP contribution in [0.25, 0.3) is 0 Å². The molecule has 1 aromatic rings. The van der Waals surface area contributed by atoms with E-state index in [1.807, 2.05) is 19.1 Å². The maximum atomic E-state index is 8.89. The summed E-state index contributed by atoms with van der Waals surface area (Å²) in [6.07, 6.45) is 12.1. The van der Waals surface area contributed by atoms with E-state index < -0.39 is 0 Å². The summed E-state index contributed by atoms with van der Waals surface area (Å²) >= 11 is 0.926.